The average molecular weight is 355 g/mol. The summed E-state index contributed by atoms with van der Waals surface area (Å²) in [4.78, 5) is 22.8. The van der Waals surface area contributed by atoms with Gasteiger partial charge in [-0.25, -0.2) is 4.79 Å². The van der Waals surface area contributed by atoms with E-state index in [0.717, 1.165) is 29.3 Å². The molecule has 0 unspecified atom stereocenters. The number of carbonyl (C=O) groups is 2. The summed E-state index contributed by atoms with van der Waals surface area (Å²) in [6.07, 6.45) is 2.86. The largest absolute Gasteiger partial charge is 0.481 e. The number of carboxylic acid groups (broad SMARTS) is 1. The van der Waals surface area contributed by atoms with Crippen molar-refractivity contribution in [3.8, 4) is 0 Å². The molecule has 114 valence electrons. The van der Waals surface area contributed by atoms with Crippen molar-refractivity contribution in [1.82, 2.24) is 5.32 Å². The lowest BCUT2D eigenvalue weighted by Crippen LogP contribution is -2.44. The summed E-state index contributed by atoms with van der Waals surface area (Å²) in [5.74, 6) is -0.806. The summed E-state index contributed by atoms with van der Waals surface area (Å²) < 4.78 is 0.932. The molecular formula is C15H19BrN2O3. The summed E-state index contributed by atoms with van der Waals surface area (Å²) in [6.45, 7) is 2.37. The van der Waals surface area contributed by atoms with Crippen molar-refractivity contribution >= 4 is 33.6 Å². The third kappa shape index (κ3) is 4.20. The summed E-state index contributed by atoms with van der Waals surface area (Å²) in [6, 6.07) is 5.28. The number of carboxylic acids is 1. The number of halogens is 1. The molecule has 6 heteroatoms. The van der Waals surface area contributed by atoms with Gasteiger partial charge in [-0.3, -0.25) is 4.79 Å². The third-order valence-electron chi connectivity index (χ3n) is 3.99. The van der Waals surface area contributed by atoms with Gasteiger partial charge in [0.2, 0.25) is 0 Å². The van der Waals surface area contributed by atoms with Crippen molar-refractivity contribution < 1.29 is 14.7 Å². The van der Waals surface area contributed by atoms with Crippen LogP contribution in [-0.2, 0) is 4.79 Å². The number of anilines is 1. The zero-order chi connectivity index (χ0) is 15.5. The third-order valence-corrected chi connectivity index (χ3v) is 4.85. The van der Waals surface area contributed by atoms with Gasteiger partial charge in [-0.15, -0.1) is 0 Å². The van der Waals surface area contributed by atoms with Crippen LogP contribution in [-0.4, -0.2) is 23.7 Å². The van der Waals surface area contributed by atoms with Crippen molar-refractivity contribution in [1.29, 1.82) is 0 Å². The van der Waals surface area contributed by atoms with Gasteiger partial charge in [0.15, 0.2) is 0 Å². The van der Waals surface area contributed by atoms with E-state index in [1.807, 2.05) is 25.1 Å². The highest BCUT2D eigenvalue weighted by Gasteiger charge is 2.39. The Kier molecular flexibility index (Phi) is 4.88. The first-order chi connectivity index (χ1) is 9.90. The van der Waals surface area contributed by atoms with Gasteiger partial charge in [-0.05, 0) is 42.9 Å². The molecule has 2 amide bonds. The van der Waals surface area contributed by atoms with Crippen LogP contribution in [0, 0.1) is 12.3 Å². The van der Waals surface area contributed by atoms with E-state index in [9.17, 15) is 9.59 Å². The minimum Gasteiger partial charge on any atom is -0.481 e. The van der Waals surface area contributed by atoms with E-state index in [4.69, 9.17) is 5.11 Å². The van der Waals surface area contributed by atoms with Gasteiger partial charge in [-0.2, -0.15) is 0 Å². The molecule has 5 nitrogen and oxygen atoms in total. The van der Waals surface area contributed by atoms with Crippen molar-refractivity contribution in [2.24, 2.45) is 5.41 Å². The number of aryl methyl sites for hydroxylation is 1. The van der Waals surface area contributed by atoms with Crippen LogP contribution in [0.2, 0.25) is 0 Å². The molecule has 0 heterocycles. The Bertz CT molecular complexity index is 556. The summed E-state index contributed by atoms with van der Waals surface area (Å²) in [5.41, 5.74) is 1.53. The van der Waals surface area contributed by atoms with Crippen LogP contribution in [0.25, 0.3) is 0 Å². The lowest BCUT2D eigenvalue weighted by atomic mass is 9.66. The predicted octanol–water partition coefficient (Wildman–Crippen LogP) is 3.52. The van der Waals surface area contributed by atoms with Crippen LogP contribution in [0.3, 0.4) is 0 Å². The molecule has 1 aliphatic carbocycles. The summed E-state index contributed by atoms with van der Waals surface area (Å²) in [7, 11) is 0. The Morgan fingerprint density at radius 3 is 2.62 bits per heavy atom. The fourth-order valence-corrected chi connectivity index (χ4v) is 2.91. The molecule has 0 aliphatic heterocycles. The van der Waals surface area contributed by atoms with Crippen molar-refractivity contribution in [3.63, 3.8) is 0 Å². The normalized spacial score (nSPS) is 15.9. The lowest BCUT2D eigenvalue weighted by Gasteiger charge is -2.40. The van der Waals surface area contributed by atoms with E-state index in [2.05, 4.69) is 26.6 Å². The Morgan fingerprint density at radius 2 is 2.10 bits per heavy atom. The SMILES string of the molecule is Cc1ccc(NC(=O)NCC2(CC(=O)O)CCC2)cc1Br. The van der Waals surface area contributed by atoms with Gasteiger partial charge in [0.1, 0.15) is 0 Å². The molecule has 21 heavy (non-hydrogen) atoms. The topological polar surface area (TPSA) is 78.4 Å². The molecule has 2 rings (SSSR count). The van der Waals surface area contributed by atoms with Gasteiger partial charge < -0.3 is 15.7 Å². The van der Waals surface area contributed by atoms with Crippen LogP contribution in [0.15, 0.2) is 22.7 Å². The van der Waals surface area contributed by atoms with E-state index in [-0.39, 0.29) is 17.9 Å². The van der Waals surface area contributed by atoms with E-state index < -0.39 is 5.97 Å². The number of carbonyl (C=O) groups excluding carboxylic acids is 1. The van der Waals surface area contributed by atoms with Crippen LogP contribution in [0.1, 0.15) is 31.2 Å². The molecule has 0 radical (unpaired) electrons. The number of hydrogen-bond acceptors (Lipinski definition) is 2. The van der Waals surface area contributed by atoms with Crippen LogP contribution in [0.4, 0.5) is 10.5 Å². The quantitative estimate of drug-likeness (QED) is 0.756. The number of rotatable bonds is 5. The second kappa shape index (κ2) is 6.47. The minimum absolute atomic E-state index is 0.114. The first kappa shape index (κ1) is 15.8. The summed E-state index contributed by atoms with van der Waals surface area (Å²) in [5, 5.41) is 14.5. The molecule has 0 saturated heterocycles. The van der Waals surface area contributed by atoms with Crippen LogP contribution in [0.5, 0.6) is 0 Å². The molecule has 1 fully saturated rings. The highest BCUT2D eigenvalue weighted by atomic mass is 79.9. The standard InChI is InChI=1S/C15H19BrN2O3/c1-10-3-4-11(7-12(10)16)18-14(21)17-9-15(5-2-6-15)8-13(19)20/h3-4,7H,2,5-6,8-9H2,1H3,(H,19,20)(H2,17,18,21). The minimum atomic E-state index is -0.806. The van der Waals surface area contributed by atoms with Gasteiger partial charge in [0.25, 0.3) is 0 Å². The molecule has 1 aromatic carbocycles. The molecule has 1 aliphatic rings. The Hall–Kier alpha value is -1.56. The second-order valence-electron chi connectivity index (χ2n) is 5.70. The van der Waals surface area contributed by atoms with Crippen molar-refractivity contribution in [3.05, 3.63) is 28.2 Å². The fourth-order valence-electron chi connectivity index (χ4n) is 2.53. The number of amides is 2. The average Bonchev–Trinajstić information content (AvgIpc) is 2.36. The molecule has 1 saturated carbocycles. The molecule has 0 bridgehead atoms. The number of urea groups is 1. The fraction of sp³-hybridized carbons (Fsp3) is 0.467. The maximum atomic E-state index is 11.9. The van der Waals surface area contributed by atoms with E-state index in [1.165, 1.54) is 0 Å². The Labute approximate surface area is 132 Å². The number of benzene rings is 1. The van der Waals surface area contributed by atoms with E-state index in [0.29, 0.717) is 12.2 Å². The Morgan fingerprint density at radius 1 is 1.38 bits per heavy atom. The maximum absolute atomic E-state index is 11.9. The predicted molar refractivity (Wildman–Crippen MR) is 84.4 cm³/mol. The highest BCUT2D eigenvalue weighted by Crippen LogP contribution is 2.43. The monoisotopic (exact) mass is 354 g/mol. The zero-order valence-electron chi connectivity index (χ0n) is 11.9. The van der Waals surface area contributed by atoms with Crippen molar-refractivity contribution in [2.45, 2.75) is 32.6 Å². The molecular weight excluding hydrogens is 336 g/mol. The number of nitrogens with one attached hydrogen (secondary N) is 2. The highest BCUT2D eigenvalue weighted by molar-refractivity contribution is 9.10. The first-order valence-corrected chi connectivity index (χ1v) is 7.72. The molecule has 3 N–H and O–H groups in total. The van der Waals surface area contributed by atoms with Gasteiger partial charge in [0.05, 0.1) is 6.42 Å². The smallest absolute Gasteiger partial charge is 0.319 e. The van der Waals surface area contributed by atoms with E-state index >= 15 is 0 Å². The zero-order valence-corrected chi connectivity index (χ0v) is 13.5. The van der Waals surface area contributed by atoms with Crippen LogP contribution < -0.4 is 10.6 Å². The van der Waals surface area contributed by atoms with Gasteiger partial charge in [-0.1, -0.05) is 28.4 Å². The second-order valence-corrected chi connectivity index (χ2v) is 6.55. The molecule has 0 aromatic heterocycles. The molecule has 0 atom stereocenters. The molecule has 1 aromatic rings. The molecule has 0 spiro atoms. The van der Waals surface area contributed by atoms with Gasteiger partial charge in [0, 0.05) is 16.7 Å². The van der Waals surface area contributed by atoms with E-state index in [1.54, 1.807) is 0 Å². The van der Waals surface area contributed by atoms with Crippen molar-refractivity contribution in [2.75, 3.05) is 11.9 Å². The Balaban J connectivity index is 1.87. The maximum Gasteiger partial charge on any atom is 0.319 e. The number of hydrogen-bond donors (Lipinski definition) is 3. The number of aliphatic carboxylic acids is 1. The first-order valence-electron chi connectivity index (χ1n) is 6.93. The lowest BCUT2D eigenvalue weighted by molar-refractivity contribution is -0.141. The van der Waals surface area contributed by atoms with Gasteiger partial charge >= 0.3 is 12.0 Å². The summed E-state index contributed by atoms with van der Waals surface area (Å²) >= 11 is 3.42. The van der Waals surface area contributed by atoms with Crippen LogP contribution >= 0.6 is 15.9 Å².